The van der Waals surface area contributed by atoms with Gasteiger partial charge in [0.2, 0.25) is 10.0 Å². The summed E-state index contributed by atoms with van der Waals surface area (Å²) in [6.07, 6.45) is 3.92. The van der Waals surface area contributed by atoms with Gasteiger partial charge in [-0.3, -0.25) is 4.98 Å². The summed E-state index contributed by atoms with van der Waals surface area (Å²) in [5.74, 6) is 0.0860. The standard InChI is InChI=1S/C12H19BrN2O2S/c1-11(5-4-8-13)15-18(16,17)10-7-12-6-2-3-9-14-12/h2-3,6,9,11,15H,4-5,7-8,10H2,1H3. The summed E-state index contributed by atoms with van der Waals surface area (Å²) in [4.78, 5) is 4.11. The second-order valence-electron chi connectivity index (χ2n) is 4.24. The van der Waals surface area contributed by atoms with Crippen molar-refractivity contribution in [3.05, 3.63) is 30.1 Å². The van der Waals surface area contributed by atoms with Crippen molar-refractivity contribution in [3.8, 4) is 0 Å². The Morgan fingerprint density at radius 1 is 1.44 bits per heavy atom. The monoisotopic (exact) mass is 334 g/mol. The Hall–Kier alpha value is -0.460. The molecular formula is C12H19BrN2O2S. The van der Waals surface area contributed by atoms with Crippen LogP contribution in [-0.2, 0) is 16.4 Å². The van der Waals surface area contributed by atoms with Crippen molar-refractivity contribution in [3.63, 3.8) is 0 Å². The lowest BCUT2D eigenvalue weighted by atomic mass is 10.2. The van der Waals surface area contributed by atoms with Crippen LogP contribution in [0.2, 0.25) is 0 Å². The second-order valence-corrected chi connectivity index (χ2v) is 6.91. The first-order valence-electron chi connectivity index (χ1n) is 5.99. The molecule has 102 valence electrons. The number of pyridine rings is 1. The van der Waals surface area contributed by atoms with E-state index in [1.807, 2.05) is 25.1 Å². The molecule has 0 aliphatic carbocycles. The Morgan fingerprint density at radius 3 is 2.83 bits per heavy atom. The van der Waals surface area contributed by atoms with E-state index in [-0.39, 0.29) is 11.8 Å². The number of aryl methyl sites for hydroxylation is 1. The molecule has 1 atom stereocenters. The van der Waals surface area contributed by atoms with Gasteiger partial charge in [-0.2, -0.15) is 0 Å². The Bertz CT molecular complexity index is 437. The molecule has 18 heavy (non-hydrogen) atoms. The highest BCUT2D eigenvalue weighted by atomic mass is 79.9. The van der Waals surface area contributed by atoms with Gasteiger partial charge in [-0.15, -0.1) is 0 Å². The zero-order chi connectivity index (χ0) is 13.4. The van der Waals surface area contributed by atoms with E-state index in [1.165, 1.54) is 0 Å². The first-order valence-corrected chi connectivity index (χ1v) is 8.77. The third kappa shape index (κ3) is 6.47. The van der Waals surface area contributed by atoms with Gasteiger partial charge in [0.25, 0.3) is 0 Å². The van der Waals surface area contributed by atoms with Gasteiger partial charge in [0.15, 0.2) is 0 Å². The normalized spacial score (nSPS) is 13.4. The van der Waals surface area contributed by atoms with Crippen LogP contribution < -0.4 is 4.72 Å². The number of aromatic nitrogens is 1. The molecule has 1 unspecified atom stereocenters. The maximum atomic E-state index is 11.8. The molecule has 0 aliphatic rings. The molecule has 0 amide bonds. The minimum atomic E-state index is -3.21. The third-order valence-electron chi connectivity index (χ3n) is 2.50. The number of sulfonamides is 1. The lowest BCUT2D eigenvalue weighted by Crippen LogP contribution is -2.35. The molecule has 0 aromatic carbocycles. The van der Waals surface area contributed by atoms with Crippen LogP contribution in [-0.4, -0.2) is 30.5 Å². The lowest BCUT2D eigenvalue weighted by molar-refractivity contribution is 0.544. The summed E-state index contributed by atoms with van der Waals surface area (Å²) in [5, 5.41) is 0.896. The smallest absolute Gasteiger partial charge is 0.212 e. The van der Waals surface area contributed by atoms with Crippen molar-refractivity contribution in [2.45, 2.75) is 32.2 Å². The number of rotatable bonds is 8. The fourth-order valence-electron chi connectivity index (χ4n) is 1.59. The Balaban J connectivity index is 2.40. The van der Waals surface area contributed by atoms with Gasteiger partial charge in [-0.25, -0.2) is 13.1 Å². The molecule has 4 nitrogen and oxygen atoms in total. The van der Waals surface area contributed by atoms with E-state index >= 15 is 0 Å². The van der Waals surface area contributed by atoms with Gasteiger partial charge >= 0.3 is 0 Å². The molecule has 0 bridgehead atoms. The minimum Gasteiger partial charge on any atom is -0.261 e. The first kappa shape index (κ1) is 15.6. The highest BCUT2D eigenvalue weighted by Crippen LogP contribution is 2.03. The molecule has 0 spiro atoms. The van der Waals surface area contributed by atoms with Gasteiger partial charge in [-0.05, 0) is 31.9 Å². The second kappa shape index (κ2) is 7.86. The summed E-state index contributed by atoms with van der Waals surface area (Å²) in [7, 11) is -3.21. The Labute approximate surface area is 117 Å². The predicted molar refractivity (Wildman–Crippen MR) is 77.4 cm³/mol. The highest BCUT2D eigenvalue weighted by Gasteiger charge is 2.14. The maximum absolute atomic E-state index is 11.8. The maximum Gasteiger partial charge on any atom is 0.212 e. The van der Waals surface area contributed by atoms with Crippen LogP contribution in [0.25, 0.3) is 0 Å². The van der Waals surface area contributed by atoms with Crippen LogP contribution in [0, 0.1) is 0 Å². The summed E-state index contributed by atoms with van der Waals surface area (Å²) >= 11 is 3.33. The van der Waals surface area contributed by atoms with Crippen molar-refractivity contribution in [1.82, 2.24) is 9.71 Å². The van der Waals surface area contributed by atoms with Crippen molar-refractivity contribution in [1.29, 1.82) is 0 Å². The quantitative estimate of drug-likeness (QED) is 0.740. The number of nitrogens with zero attached hydrogens (tertiary/aromatic N) is 1. The van der Waals surface area contributed by atoms with Crippen LogP contribution in [0.4, 0.5) is 0 Å². The average molecular weight is 335 g/mol. The Morgan fingerprint density at radius 2 is 2.22 bits per heavy atom. The first-order chi connectivity index (χ1) is 8.53. The molecule has 0 aliphatic heterocycles. The molecule has 0 saturated carbocycles. The summed E-state index contributed by atoms with van der Waals surface area (Å²) in [6.45, 7) is 1.89. The molecule has 1 aromatic heterocycles. The van der Waals surface area contributed by atoms with E-state index in [0.717, 1.165) is 23.9 Å². The van der Waals surface area contributed by atoms with Crippen molar-refractivity contribution < 1.29 is 8.42 Å². The Kier molecular flexibility index (Phi) is 6.81. The molecule has 0 radical (unpaired) electrons. The number of halogens is 1. The van der Waals surface area contributed by atoms with Gasteiger partial charge < -0.3 is 0 Å². The third-order valence-corrected chi connectivity index (χ3v) is 4.57. The summed E-state index contributed by atoms with van der Waals surface area (Å²) < 4.78 is 26.3. The van der Waals surface area contributed by atoms with E-state index in [1.54, 1.807) is 6.20 Å². The van der Waals surface area contributed by atoms with Crippen molar-refractivity contribution >= 4 is 26.0 Å². The van der Waals surface area contributed by atoms with Gasteiger partial charge in [-0.1, -0.05) is 22.0 Å². The zero-order valence-corrected chi connectivity index (χ0v) is 12.9. The number of alkyl halides is 1. The van der Waals surface area contributed by atoms with Crippen LogP contribution in [0.15, 0.2) is 24.4 Å². The van der Waals surface area contributed by atoms with Gasteiger partial charge in [0, 0.05) is 29.7 Å². The lowest BCUT2D eigenvalue weighted by Gasteiger charge is -2.13. The van der Waals surface area contributed by atoms with Crippen LogP contribution >= 0.6 is 15.9 Å². The van der Waals surface area contributed by atoms with E-state index in [0.29, 0.717) is 6.42 Å². The molecular weight excluding hydrogens is 316 g/mol. The predicted octanol–water partition coefficient (Wildman–Crippen LogP) is 2.11. The molecule has 1 heterocycles. The summed E-state index contributed by atoms with van der Waals surface area (Å²) in [6, 6.07) is 5.50. The molecule has 1 aromatic rings. The van der Waals surface area contributed by atoms with Gasteiger partial charge in [0.05, 0.1) is 5.75 Å². The van der Waals surface area contributed by atoms with Crippen LogP contribution in [0.5, 0.6) is 0 Å². The molecule has 6 heteroatoms. The van der Waals surface area contributed by atoms with E-state index < -0.39 is 10.0 Å². The van der Waals surface area contributed by atoms with Gasteiger partial charge in [0.1, 0.15) is 0 Å². The molecule has 1 rings (SSSR count). The minimum absolute atomic E-state index is 0.0173. The van der Waals surface area contributed by atoms with Crippen LogP contribution in [0.1, 0.15) is 25.5 Å². The van der Waals surface area contributed by atoms with E-state index in [2.05, 4.69) is 25.6 Å². The summed E-state index contributed by atoms with van der Waals surface area (Å²) in [5.41, 5.74) is 0.802. The molecule has 0 fully saturated rings. The van der Waals surface area contributed by atoms with Crippen molar-refractivity contribution in [2.75, 3.05) is 11.1 Å². The van der Waals surface area contributed by atoms with Crippen LogP contribution in [0.3, 0.4) is 0 Å². The molecule has 0 saturated heterocycles. The number of hydrogen-bond acceptors (Lipinski definition) is 3. The van der Waals surface area contributed by atoms with E-state index in [9.17, 15) is 8.42 Å². The fraction of sp³-hybridized carbons (Fsp3) is 0.583. The van der Waals surface area contributed by atoms with Crippen molar-refractivity contribution in [2.24, 2.45) is 0 Å². The fourth-order valence-corrected chi connectivity index (χ4v) is 3.24. The largest absolute Gasteiger partial charge is 0.261 e. The number of hydrogen-bond donors (Lipinski definition) is 1. The zero-order valence-electron chi connectivity index (χ0n) is 10.5. The highest BCUT2D eigenvalue weighted by molar-refractivity contribution is 9.09. The number of nitrogens with one attached hydrogen (secondary N) is 1. The SMILES string of the molecule is CC(CCCBr)NS(=O)(=O)CCc1ccccn1. The molecule has 1 N–H and O–H groups in total. The average Bonchev–Trinajstić information content (AvgIpc) is 2.35. The van der Waals surface area contributed by atoms with E-state index in [4.69, 9.17) is 0 Å². The topological polar surface area (TPSA) is 59.1 Å².